The summed E-state index contributed by atoms with van der Waals surface area (Å²) in [5.74, 6) is -1.26. The fraction of sp³-hybridized carbons (Fsp3) is 0.125. The second-order valence-electron chi connectivity index (χ2n) is 5.18. The Balaban J connectivity index is 1.72. The van der Waals surface area contributed by atoms with Crippen LogP contribution in [0.25, 0.3) is 5.69 Å². The van der Waals surface area contributed by atoms with Crippen LogP contribution in [0.5, 0.6) is 0 Å². The number of amides is 1. The third-order valence-electron chi connectivity index (χ3n) is 3.45. The molecule has 0 bridgehead atoms. The maximum atomic E-state index is 12.0. The summed E-state index contributed by atoms with van der Waals surface area (Å²) in [5.41, 5.74) is 1.78. The smallest absolute Gasteiger partial charge is 0.337 e. The number of carboxylic acids is 1. The van der Waals surface area contributed by atoms with Crippen LogP contribution in [0.3, 0.4) is 0 Å². The van der Waals surface area contributed by atoms with Gasteiger partial charge in [0.1, 0.15) is 0 Å². The van der Waals surface area contributed by atoms with Crippen molar-refractivity contribution in [3.8, 4) is 5.69 Å². The van der Waals surface area contributed by atoms with Crippen molar-refractivity contribution in [2.24, 2.45) is 7.05 Å². The highest BCUT2D eigenvalue weighted by Gasteiger charge is 2.12. The normalized spacial score (nSPS) is 10.5. The van der Waals surface area contributed by atoms with Gasteiger partial charge in [-0.3, -0.25) is 9.48 Å². The van der Waals surface area contributed by atoms with Gasteiger partial charge in [0.15, 0.2) is 0 Å². The molecule has 122 valence electrons. The second kappa shape index (κ2) is 6.37. The largest absolute Gasteiger partial charge is 0.478 e. The summed E-state index contributed by atoms with van der Waals surface area (Å²) in [6.07, 6.45) is 6.31. The number of hydrogen-bond acceptors (Lipinski definition) is 4. The van der Waals surface area contributed by atoms with Gasteiger partial charge in [0.05, 0.1) is 41.6 Å². The second-order valence-corrected chi connectivity index (χ2v) is 5.18. The van der Waals surface area contributed by atoms with Gasteiger partial charge in [-0.15, -0.1) is 0 Å². The molecule has 1 amide bonds. The lowest BCUT2D eigenvalue weighted by Gasteiger charge is -2.05. The minimum absolute atomic E-state index is 0.181. The number of nitrogens with zero attached hydrogens (tertiary/aromatic N) is 4. The van der Waals surface area contributed by atoms with Gasteiger partial charge in [-0.25, -0.2) is 9.78 Å². The maximum Gasteiger partial charge on any atom is 0.337 e. The topological polar surface area (TPSA) is 102 Å². The first-order valence-corrected chi connectivity index (χ1v) is 7.17. The molecule has 8 heteroatoms. The molecule has 0 fully saturated rings. The summed E-state index contributed by atoms with van der Waals surface area (Å²) < 4.78 is 3.17. The molecule has 24 heavy (non-hydrogen) atoms. The van der Waals surface area contributed by atoms with Gasteiger partial charge < -0.3 is 15.0 Å². The zero-order chi connectivity index (χ0) is 17.1. The van der Waals surface area contributed by atoms with Crippen LogP contribution in [0.15, 0.2) is 49.2 Å². The number of hydrogen-bond donors (Lipinski definition) is 2. The van der Waals surface area contributed by atoms with Crippen LogP contribution >= 0.6 is 0 Å². The Labute approximate surface area is 137 Å². The van der Waals surface area contributed by atoms with E-state index in [-0.39, 0.29) is 18.0 Å². The number of para-hydroxylation sites is 1. The van der Waals surface area contributed by atoms with Gasteiger partial charge in [0.25, 0.3) is 5.91 Å². The summed E-state index contributed by atoms with van der Waals surface area (Å²) in [7, 11) is 1.73. The van der Waals surface area contributed by atoms with Gasteiger partial charge in [0, 0.05) is 19.4 Å². The Morgan fingerprint density at radius 1 is 1.25 bits per heavy atom. The van der Waals surface area contributed by atoms with E-state index in [1.165, 1.54) is 18.6 Å². The number of carboxylic acid groups (broad SMARTS) is 1. The SMILES string of the molecule is Cn1cc(C(=O)NCc2cn(-c3ccccc3C(=O)O)cn2)cn1. The third kappa shape index (κ3) is 3.17. The summed E-state index contributed by atoms with van der Waals surface area (Å²) in [6, 6.07) is 6.65. The molecule has 0 radical (unpaired) electrons. The molecule has 1 aromatic carbocycles. The molecule has 3 aromatic rings. The van der Waals surface area contributed by atoms with Crippen LogP contribution in [0.2, 0.25) is 0 Å². The molecule has 3 rings (SSSR count). The van der Waals surface area contributed by atoms with E-state index in [0.717, 1.165) is 0 Å². The Kier molecular flexibility index (Phi) is 4.11. The van der Waals surface area contributed by atoms with Crippen molar-refractivity contribution in [3.63, 3.8) is 0 Å². The summed E-state index contributed by atoms with van der Waals surface area (Å²) in [6.45, 7) is 0.232. The van der Waals surface area contributed by atoms with Crippen molar-refractivity contribution in [1.29, 1.82) is 0 Å². The Morgan fingerprint density at radius 2 is 2.04 bits per heavy atom. The predicted molar refractivity (Wildman–Crippen MR) is 84.9 cm³/mol. The number of imidazole rings is 1. The molecule has 2 heterocycles. The molecule has 0 saturated carbocycles. The summed E-state index contributed by atoms with van der Waals surface area (Å²) in [5, 5.41) is 15.9. The molecule has 0 spiro atoms. The summed E-state index contributed by atoms with van der Waals surface area (Å²) >= 11 is 0. The summed E-state index contributed by atoms with van der Waals surface area (Å²) in [4.78, 5) is 27.5. The Hall–Kier alpha value is -3.42. The average Bonchev–Trinajstić information content (AvgIpc) is 3.21. The van der Waals surface area contributed by atoms with Crippen LogP contribution in [-0.2, 0) is 13.6 Å². The zero-order valence-electron chi connectivity index (χ0n) is 12.9. The van der Waals surface area contributed by atoms with Crippen molar-refractivity contribution < 1.29 is 14.7 Å². The van der Waals surface area contributed by atoms with Crippen molar-refractivity contribution in [3.05, 3.63) is 66.0 Å². The van der Waals surface area contributed by atoms with Crippen molar-refractivity contribution in [2.75, 3.05) is 0 Å². The molecular formula is C16H15N5O3. The number of benzene rings is 1. The molecule has 0 atom stereocenters. The Morgan fingerprint density at radius 3 is 2.75 bits per heavy atom. The number of rotatable bonds is 5. The van der Waals surface area contributed by atoms with Crippen LogP contribution in [0.1, 0.15) is 26.4 Å². The zero-order valence-corrected chi connectivity index (χ0v) is 12.9. The van der Waals surface area contributed by atoms with Crippen LogP contribution in [0, 0.1) is 0 Å². The van der Waals surface area contributed by atoms with E-state index in [1.807, 2.05) is 0 Å². The average molecular weight is 325 g/mol. The fourth-order valence-corrected chi connectivity index (χ4v) is 2.28. The van der Waals surface area contributed by atoms with E-state index in [4.69, 9.17) is 0 Å². The van der Waals surface area contributed by atoms with Gasteiger partial charge >= 0.3 is 5.97 Å². The molecule has 2 N–H and O–H groups in total. The molecule has 0 unspecified atom stereocenters. The number of aryl methyl sites for hydroxylation is 1. The van der Waals surface area contributed by atoms with Crippen molar-refractivity contribution >= 4 is 11.9 Å². The first-order chi connectivity index (χ1) is 11.5. The standard InChI is InChI=1S/C16H15N5O3/c1-20-8-11(6-19-20)15(22)17-7-12-9-21(10-18-12)14-5-3-2-4-13(14)16(23)24/h2-6,8-10H,7H2,1H3,(H,17,22)(H,23,24). The van der Waals surface area contributed by atoms with Gasteiger partial charge in [-0.1, -0.05) is 12.1 Å². The molecular weight excluding hydrogens is 310 g/mol. The maximum absolute atomic E-state index is 12.0. The molecule has 0 aliphatic rings. The minimum Gasteiger partial charge on any atom is -0.478 e. The van der Waals surface area contributed by atoms with Crippen LogP contribution < -0.4 is 5.32 Å². The number of nitrogens with one attached hydrogen (secondary N) is 1. The molecule has 0 aliphatic carbocycles. The lowest BCUT2D eigenvalue weighted by atomic mass is 10.2. The molecule has 0 saturated heterocycles. The van der Waals surface area contributed by atoms with Gasteiger partial charge in [-0.05, 0) is 12.1 Å². The van der Waals surface area contributed by atoms with E-state index >= 15 is 0 Å². The number of carbonyl (C=O) groups excluding carboxylic acids is 1. The monoisotopic (exact) mass is 325 g/mol. The fourth-order valence-electron chi connectivity index (χ4n) is 2.28. The van der Waals surface area contributed by atoms with Crippen LogP contribution in [0.4, 0.5) is 0 Å². The van der Waals surface area contributed by atoms with Crippen molar-refractivity contribution in [2.45, 2.75) is 6.54 Å². The molecule has 8 nitrogen and oxygen atoms in total. The minimum atomic E-state index is -1.01. The predicted octanol–water partition coefficient (Wildman–Crippen LogP) is 1.23. The highest BCUT2D eigenvalue weighted by Crippen LogP contribution is 2.15. The lowest BCUT2D eigenvalue weighted by Crippen LogP contribution is -2.22. The highest BCUT2D eigenvalue weighted by molar-refractivity contribution is 5.93. The highest BCUT2D eigenvalue weighted by atomic mass is 16.4. The van der Waals surface area contributed by atoms with E-state index in [0.29, 0.717) is 16.9 Å². The molecule has 2 aromatic heterocycles. The number of carbonyl (C=O) groups is 2. The van der Waals surface area contributed by atoms with Crippen molar-refractivity contribution in [1.82, 2.24) is 24.6 Å². The van der Waals surface area contributed by atoms with E-state index in [1.54, 1.807) is 46.9 Å². The quantitative estimate of drug-likeness (QED) is 0.734. The Bertz CT molecular complexity index is 897. The van der Waals surface area contributed by atoms with Gasteiger partial charge in [0.2, 0.25) is 0 Å². The third-order valence-corrected chi connectivity index (χ3v) is 3.45. The van der Waals surface area contributed by atoms with Crippen LogP contribution in [-0.4, -0.2) is 36.3 Å². The van der Waals surface area contributed by atoms with E-state index < -0.39 is 5.97 Å². The molecule has 0 aliphatic heterocycles. The van der Waals surface area contributed by atoms with E-state index in [9.17, 15) is 14.7 Å². The number of aromatic nitrogens is 4. The van der Waals surface area contributed by atoms with Gasteiger partial charge in [-0.2, -0.15) is 5.10 Å². The van der Waals surface area contributed by atoms with E-state index in [2.05, 4.69) is 15.4 Å². The first-order valence-electron chi connectivity index (χ1n) is 7.17. The lowest BCUT2D eigenvalue weighted by molar-refractivity contribution is 0.0696. The first kappa shape index (κ1) is 15.5. The number of aromatic carboxylic acids is 1.